The third-order valence-corrected chi connectivity index (χ3v) is 2.66. The first-order valence-electron chi connectivity index (χ1n) is 5.72. The third-order valence-electron chi connectivity index (χ3n) is 2.66. The Morgan fingerprint density at radius 1 is 1.36 bits per heavy atom. The van der Waals surface area contributed by atoms with Crippen LogP contribution in [0.3, 0.4) is 0 Å². The van der Waals surface area contributed by atoms with Gasteiger partial charge in [-0.2, -0.15) is 0 Å². The Balaban J connectivity index is 2.07. The predicted octanol–water partition coefficient (Wildman–Crippen LogP) is 1.72. The first kappa shape index (κ1) is 11.5. The Morgan fingerprint density at radius 3 is 2.71 bits per heavy atom. The molecular formula is C11H21NO2. The summed E-state index contributed by atoms with van der Waals surface area (Å²) in [5, 5.41) is 3.24. The van der Waals surface area contributed by atoms with Gasteiger partial charge in [-0.25, -0.2) is 0 Å². The number of carbonyl (C=O) groups is 1. The second-order valence-electron chi connectivity index (χ2n) is 3.90. The molecule has 0 aromatic heterocycles. The normalized spacial score (nSPS) is 18.1. The van der Waals surface area contributed by atoms with Crippen molar-refractivity contribution < 1.29 is 9.53 Å². The van der Waals surface area contributed by atoms with E-state index in [1.807, 2.05) is 0 Å². The molecule has 0 aliphatic carbocycles. The highest BCUT2D eigenvalue weighted by Gasteiger charge is 2.21. The number of carbonyl (C=O) groups excluding carboxylic acids is 1. The monoisotopic (exact) mass is 199 g/mol. The molecule has 0 bridgehead atoms. The lowest BCUT2D eigenvalue weighted by atomic mass is 9.99. The van der Waals surface area contributed by atoms with E-state index in [4.69, 9.17) is 4.74 Å². The van der Waals surface area contributed by atoms with E-state index in [2.05, 4.69) is 12.2 Å². The van der Waals surface area contributed by atoms with Crippen molar-refractivity contribution in [1.29, 1.82) is 0 Å². The van der Waals surface area contributed by atoms with Crippen LogP contribution in [0, 0.1) is 5.92 Å². The zero-order valence-electron chi connectivity index (χ0n) is 9.05. The quantitative estimate of drug-likeness (QED) is 0.541. The smallest absolute Gasteiger partial charge is 0.309 e. The second-order valence-corrected chi connectivity index (χ2v) is 3.90. The lowest BCUT2D eigenvalue weighted by Gasteiger charge is -2.20. The molecule has 0 amide bonds. The van der Waals surface area contributed by atoms with Crippen molar-refractivity contribution in [3.8, 4) is 0 Å². The number of nitrogens with one attached hydrogen (secondary N) is 1. The molecule has 1 saturated heterocycles. The van der Waals surface area contributed by atoms with Crippen LogP contribution in [0.1, 0.15) is 39.0 Å². The maximum Gasteiger partial charge on any atom is 0.309 e. The van der Waals surface area contributed by atoms with Crippen LogP contribution in [0.25, 0.3) is 0 Å². The molecule has 0 spiro atoms. The van der Waals surface area contributed by atoms with Crippen molar-refractivity contribution in [2.24, 2.45) is 5.92 Å². The Hall–Kier alpha value is -0.570. The summed E-state index contributed by atoms with van der Waals surface area (Å²) < 4.78 is 5.22. The number of ether oxygens (including phenoxy) is 1. The lowest BCUT2D eigenvalue weighted by Crippen LogP contribution is -2.32. The van der Waals surface area contributed by atoms with E-state index in [0.29, 0.717) is 6.61 Å². The maximum absolute atomic E-state index is 11.5. The Kier molecular flexibility index (Phi) is 5.60. The van der Waals surface area contributed by atoms with E-state index in [-0.39, 0.29) is 11.9 Å². The van der Waals surface area contributed by atoms with Crippen LogP contribution in [-0.4, -0.2) is 25.7 Å². The van der Waals surface area contributed by atoms with E-state index in [9.17, 15) is 4.79 Å². The first-order valence-corrected chi connectivity index (χ1v) is 5.72. The summed E-state index contributed by atoms with van der Waals surface area (Å²) in [6.07, 6.45) is 5.21. The van der Waals surface area contributed by atoms with Gasteiger partial charge in [-0.1, -0.05) is 19.8 Å². The fourth-order valence-electron chi connectivity index (χ4n) is 1.70. The van der Waals surface area contributed by atoms with Gasteiger partial charge in [0, 0.05) is 0 Å². The minimum absolute atomic E-state index is 0.0163. The van der Waals surface area contributed by atoms with E-state index in [1.54, 1.807) is 0 Å². The molecule has 0 saturated carbocycles. The minimum Gasteiger partial charge on any atom is -0.465 e. The molecule has 1 fully saturated rings. The summed E-state index contributed by atoms with van der Waals surface area (Å²) in [7, 11) is 0. The minimum atomic E-state index is 0.0163. The lowest BCUT2D eigenvalue weighted by molar-refractivity contribution is -0.149. The molecule has 0 atom stereocenters. The van der Waals surface area contributed by atoms with Crippen molar-refractivity contribution in [2.45, 2.75) is 39.0 Å². The summed E-state index contributed by atoms with van der Waals surface area (Å²) >= 11 is 0. The predicted molar refractivity (Wildman–Crippen MR) is 56.1 cm³/mol. The topological polar surface area (TPSA) is 38.3 Å². The average molecular weight is 199 g/mol. The van der Waals surface area contributed by atoms with Gasteiger partial charge < -0.3 is 10.1 Å². The highest BCUT2D eigenvalue weighted by molar-refractivity contribution is 5.72. The summed E-state index contributed by atoms with van der Waals surface area (Å²) in [5.74, 6) is 0.167. The van der Waals surface area contributed by atoms with Gasteiger partial charge >= 0.3 is 5.97 Å². The van der Waals surface area contributed by atoms with Crippen molar-refractivity contribution >= 4 is 5.97 Å². The van der Waals surface area contributed by atoms with E-state index in [0.717, 1.165) is 38.8 Å². The summed E-state index contributed by atoms with van der Waals surface area (Å²) in [5.41, 5.74) is 0. The second kappa shape index (κ2) is 6.82. The van der Waals surface area contributed by atoms with Crippen LogP contribution >= 0.6 is 0 Å². The van der Waals surface area contributed by atoms with Gasteiger partial charge in [0.2, 0.25) is 0 Å². The van der Waals surface area contributed by atoms with Crippen molar-refractivity contribution in [1.82, 2.24) is 5.32 Å². The fraction of sp³-hybridized carbons (Fsp3) is 0.909. The van der Waals surface area contributed by atoms with Gasteiger partial charge in [0.15, 0.2) is 0 Å². The van der Waals surface area contributed by atoms with Gasteiger partial charge in [0.25, 0.3) is 0 Å². The molecule has 82 valence electrons. The standard InChI is InChI=1S/C11H21NO2/c1-2-3-4-9-14-11(13)10-5-7-12-8-6-10/h10,12H,2-9H2,1H3. The number of hydrogen-bond donors (Lipinski definition) is 1. The molecule has 14 heavy (non-hydrogen) atoms. The Labute approximate surface area is 86.2 Å². The van der Waals surface area contributed by atoms with Gasteiger partial charge in [0.1, 0.15) is 0 Å². The number of unbranched alkanes of at least 4 members (excludes halogenated alkanes) is 2. The van der Waals surface area contributed by atoms with Gasteiger partial charge in [0.05, 0.1) is 12.5 Å². The molecule has 0 unspecified atom stereocenters. The van der Waals surface area contributed by atoms with Crippen LogP contribution in [0.5, 0.6) is 0 Å². The van der Waals surface area contributed by atoms with Gasteiger partial charge in [-0.15, -0.1) is 0 Å². The molecule has 1 heterocycles. The molecule has 1 aliphatic heterocycles. The van der Waals surface area contributed by atoms with Crippen LogP contribution < -0.4 is 5.32 Å². The van der Waals surface area contributed by atoms with Gasteiger partial charge in [-0.05, 0) is 32.4 Å². The van der Waals surface area contributed by atoms with Crippen LogP contribution in [0.4, 0.5) is 0 Å². The molecule has 0 aromatic carbocycles. The molecule has 3 heteroatoms. The molecule has 3 nitrogen and oxygen atoms in total. The molecule has 1 aliphatic rings. The Bertz CT molecular complexity index is 165. The van der Waals surface area contributed by atoms with Crippen LogP contribution in [-0.2, 0) is 9.53 Å². The van der Waals surface area contributed by atoms with Crippen molar-refractivity contribution in [2.75, 3.05) is 19.7 Å². The fourth-order valence-corrected chi connectivity index (χ4v) is 1.70. The number of esters is 1. The Morgan fingerprint density at radius 2 is 2.07 bits per heavy atom. The van der Waals surface area contributed by atoms with Crippen molar-refractivity contribution in [3.63, 3.8) is 0 Å². The highest BCUT2D eigenvalue weighted by Crippen LogP contribution is 2.13. The highest BCUT2D eigenvalue weighted by atomic mass is 16.5. The van der Waals surface area contributed by atoms with Crippen LogP contribution in [0.2, 0.25) is 0 Å². The third kappa shape index (κ3) is 4.09. The van der Waals surface area contributed by atoms with E-state index in [1.165, 1.54) is 6.42 Å². The molecule has 0 radical (unpaired) electrons. The van der Waals surface area contributed by atoms with E-state index < -0.39 is 0 Å². The number of hydrogen-bond acceptors (Lipinski definition) is 3. The first-order chi connectivity index (χ1) is 6.84. The number of piperidine rings is 1. The van der Waals surface area contributed by atoms with Crippen molar-refractivity contribution in [3.05, 3.63) is 0 Å². The number of rotatable bonds is 5. The molecule has 1 rings (SSSR count). The summed E-state index contributed by atoms with van der Waals surface area (Å²) in [6, 6.07) is 0. The van der Waals surface area contributed by atoms with Crippen LogP contribution in [0.15, 0.2) is 0 Å². The van der Waals surface area contributed by atoms with Gasteiger partial charge in [-0.3, -0.25) is 4.79 Å². The molecule has 1 N–H and O–H groups in total. The molecular weight excluding hydrogens is 178 g/mol. The average Bonchev–Trinajstić information content (AvgIpc) is 2.25. The molecule has 0 aromatic rings. The zero-order chi connectivity index (χ0) is 10.2. The maximum atomic E-state index is 11.5. The summed E-state index contributed by atoms with van der Waals surface area (Å²) in [4.78, 5) is 11.5. The zero-order valence-corrected chi connectivity index (χ0v) is 9.05. The van der Waals surface area contributed by atoms with E-state index >= 15 is 0 Å². The SMILES string of the molecule is CCCCCOC(=O)C1CCNCC1. The largest absolute Gasteiger partial charge is 0.465 e. The summed E-state index contributed by atoms with van der Waals surface area (Å²) in [6.45, 7) is 4.66.